The monoisotopic (exact) mass is 382 g/mol. The molecule has 3 rings (SSSR count). The molecule has 0 radical (unpaired) electrons. The molecule has 0 aliphatic carbocycles. The molecule has 8 heteroatoms. The molecule has 2 aliphatic rings. The maximum absolute atomic E-state index is 14.1. The lowest BCUT2D eigenvalue weighted by molar-refractivity contribution is 0.0826. The van der Waals surface area contributed by atoms with E-state index >= 15 is 0 Å². The molecule has 2 heterocycles. The van der Waals surface area contributed by atoms with E-state index in [2.05, 4.69) is 4.99 Å². The molecule has 6 nitrogen and oxygen atoms in total. The van der Waals surface area contributed by atoms with E-state index in [0.717, 1.165) is 18.5 Å². The third kappa shape index (κ3) is 3.45. The number of carbonyl (C=O) groups is 1. The zero-order chi connectivity index (χ0) is 18.7. The number of nitrogens with zero attached hydrogens (tertiary/aromatic N) is 3. The number of likely N-dealkylation sites (tertiary alicyclic amines) is 1. The van der Waals surface area contributed by atoms with E-state index in [1.807, 2.05) is 18.0 Å². The van der Waals surface area contributed by atoms with Crippen LogP contribution in [0.1, 0.15) is 31.2 Å². The predicted molar refractivity (Wildman–Crippen MR) is 100 cm³/mol. The minimum atomic E-state index is -0.555. The third-order valence-corrected chi connectivity index (χ3v) is 5.41. The normalized spacial score (nSPS) is 18.5. The highest BCUT2D eigenvalue weighted by Gasteiger charge is 2.43. The fourth-order valence-electron chi connectivity index (χ4n) is 3.57. The van der Waals surface area contributed by atoms with Crippen LogP contribution in [-0.4, -0.2) is 55.1 Å². The predicted octanol–water partition coefficient (Wildman–Crippen LogP) is 2.93. The van der Waals surface area contributed by atoms with Crippen LogP contribution in [0.25, 0.3) is 0 Å². The average Bonchev–Trinajstić information content (AvgIpc) is 2.63. The Kier molecular flexibility index (Phi) is 5.55. The topological polar surface area (TPSA) is 71.2 Å². The Bertz CT molecular complexity index is 704. The molecule has 1 saturated heterocycles. The van der Waals surface area contributed by atoms with Gasteiger partial charge in [0.2, 0.25) is 0 Å². The van der Waals surface area contributed by atoms with Gasteiger partial charge in [-0.3, -0.25) is 0 Å². The molecule has 142 valence electrons. The van der Waals surface area contributed by atoms with E-state index in [0.29, 0.717) is 44.0 Å². The van der Waals surface area contributed by atoms with Gasteiger partial charge in [-0.05, 0) is 25.0 Å². The highest BCUT2D eigenvalue weighted by Crippen LogP contribution is 2.39. The van der Waals surface area contributed by atoms with Crippen LogP contribution in [0, 0.1) is 5.82 Å². The summed E-state index contributed by atoms with van der Waals surface area (Å²) in [7, 11) is 1.90. The van der Waals surface area contributed by atoms with Gasteiger partial charge in [0.05, 0.1) is 17.9 Å². The van der Waals surface area contributed by atoms with Crippen molar-refractivity contribution in [1.82, 2.24) is 4.90 Å². The summed E-state index contributed by atoms with van der Waals surface area (Å²) >= 11 is 5.62. The fourth-order valence-corrected chi connectivity index (χ4v) is 3.76. The quantitative estimate of drug-likeness (QED) is 0.642. The lowest BCUT2D eigenvalue weighted by Crippen LogP contribution is -2.57. The first-order valence-corrected chi connectivity index (χ1v) is 9.38. The Morgan fingerprint density at radius 1 is 1.38 bits per heavy atom. The summed E-state index contributed by atoms with van der Waals surface area (Å²) < 4.78 is 19.4. The highest BCUT2D eigenvalue weighted by molar-refractivity contribution is 6.17. The summed E-state index contributed by atoms with van der Waals surface area (Å²) in [6.07, 6.45) is 2.50. The Labute approximate surface area is 157 Å². The minimum Gasteiger partial charge on any atom is -0.449 e. The van der Waals surface area contributed by atoms with Crippen LogP contribution in [0.4, 0.5) is 14.9 Å². The van der Waals surface area contributed by atoms with E-state index in [-0.39, 0.29) is 17.7 Å². The van der Waals surface area contributed by atoms with E-state index < -0.39 is 5.66 Å². The first-order valence-electron chi connectivity index (χ1n) is 8.84. The number of rotatable bonds is 4. The molecule has 0 bridgehead atoms. The van der Waals surface area contributed by atoms with Gasteiger partial charge < -0.3 is 20.3 Å². The van der Waals surface area contributed by atoms with Crippen molar-refractivity contribution in [3.8, 4) is 0 Å². The average molecular weight is 383 g/mol. The van der Waals surface area contributed by atoms with E-state index in [9.17, 15) is 9.18 Å². The van der Waals surface area contributed by atoms with Gasteiger partial charge in [-0.15, -0.1) is 11.6 Å². The summed E-state index contributed by atoms with van der Waals surface area (Å²) in [6.45, 7) is 1.41. The first kappa shape index (κ1) is 18.8. The van der Waals surface area contributed by atoms with Crippen LogP contribution < -0.4 is 10.6 Å². The van der Waals surface area contributed by atoms with Gasteiger partial charge in [-0.1, -0.05) is 6.07 Å². The van der Waals surface area contributed by atoms with Crippen molar-refractivity contribution < 1.29 is 13.9 Å². The van der Waals surface area contributed by atoms with Gasteiger partial charge in [-0.25, -0.2) is 14.2 Å². The Hall–Kier alpha value is -2.02. The zero-order valence-corrected chi connectivity index (χ0v) is 15.6. The van der Waals surface area contributed by atoms with Crippen LogP contribution in [0.5, 0.6) is 0 Å². The summed E-state index contributed by atoms with van der Waals surface area (Å²) in [6, 6.07) is 4.90. The standard InChI is InChI=1S/C18H24ClFN4O2/c1-23-14-6-4-5-13(20)15(14)16(21)22-18(23)7-10-24(11-8-18)17(25)26-12-3-2-9-19/h4-6H,2-3,7-12H2,1H3,(H2,21,22). The number of fused-ring (bicyclic) bond motifs is 1. The lowest BCUT2D eigenvalue weighted by atomic mass is 9.92. The molecule has 1 amide bonds. The van der Waals surface area contributed by atoms with Crippen molar-refractivity contribution in [2.45, 2.75) is 31.3 Å². The van der Waals surface area contributed by atoms with Crippen LogP contribution >= 0.6 is 11.6 Å². The van der Waals surface area contributed by atoms with Crippen LogP contribution in [-0.2, 0) is 4.74 Å². The molecule has 2 N–H and O–H groups in total. The summed E-state index contributed by atoms with van der Waals surface area (Å²) in [5.41, 5.74) is 6.60. The van der Waals surface area contributed by atoms with Crippen LogP contribution in [0.3, 0.4) is 0 Å². The van der Waals surface area contributed by atoms with Crippen molar-refractivity contribution in [3.05, 3.63) is 29.6 Å². The van der Waals surface area contributed by atoms with Crippen molar-refractivity contribution >= 4 is 29.2 Å². The second kappa shape index (κ2) is 7.70. The van der Waals surface area contributed by atoms with Crippen molar-refractivity contribution in [2.24, 2.45) is 10.7 Å². The van der Waals surface area contributed by atoms with Gasteiger partial charge in [0.25, 0.3) is 0 Å². The lowest BCUT2D eigenvalue weighted by Gasteiger charge is -2.48. The molecule has 0 unspecified atom stereocenters. The number of halogens is 2. The Balaban J connectivity index is 1.67. The smallest absolute Gasteiger partial charge is 0.409 e. The number of unbranched alkanes of at least 4 members (excludes halogenated alkanes) is 1. The number of benzene rings is 1. The van der Waals surface area contributed by atoms with Gasteiger partial charge in [0.1, 0.15) is 17.3 Å². The first-order chi connectivity index (χ1) is 12.5. The largest absolute Gasteiger partial charge is 0.449 e. The number of anilines is 1. The molecule has 0 saturated carbocycles. The van der Waals surface area contributed by atoms with Crippen molar-refractivity contribution in [1.29, 1.82) is 0 Å². The molecule has 1 aromatic rings. The number of nitrogens with two attached hydrogens (primary N) is 1. The summed E-state index contributed by atoms with van der Waals surface area (Å²) in [4.78, 5) is 20.5. The second-order valence-electron chi connectivity index (χ2n) is 6.67. The fraction of sp³-hybridized carbons (Fsp3) is 0.556. The molecular weight excluding hydrogens is 359 g/mol. The van der Waals surface area contributed by atoms with Gasteiger partial charge >= 0.3 is 6.09 Å². The number of amidine groups is 1. The van der Waals surface area contributed by atoms with Crippen LogP contribution in [0.2, 0.25) is 0 Å². The van der Waals surface area contributed by atoms with Gasteiger partial charge in [0, 0.05) is 38.9 Å². The maximum atomic E-state index is 14.1. The number of piperidine rings is 1. The molecular formula is C18H24ClFN4O2. The van der Waals surface area contributed by atoms with E-state index in [4.69, 9.17) is 22.1 Å². The molecule has 0 aromatic heterocycles. The Morgan fingerprint density at radius 2 is 2.12 bits per heavy atom. The number of alkyl halides is 1. The molecule has 1 spiro atoms. The number of aliphatic imine (C=N–C) groups is 1. The van der Waals surface area contributed by atoms with Crippen LogP contribution in [0.15, 0.2) is 23.2 Å². The van der Waals surface area contributed by atoms with E-state index in [1.54, 1.807) is 11.0 Å². The van der Waals surface area contributed by atoms with Gasteiger partial charge in [0.15, 0.2) is 0 Å². The van der Waals surface area contributed by atoms with Gasteiger partial charge in [-0.2, -0.15) is 0 Å². The summed E-state index contributed by atoms with van der Waals surface area (Å²) in [5, 5.41) is 0. The number of ether oxygens (including phenoxy) is 1. The molecule has 2 aliphatic heterocycles. The number of hydrogen-bond acceptors (Lipinski definition) is 5. The number of carbonyl (C=O) groups excluding carboxylic acids is 1. The Morgan fingerprint density at radius 3 is 2.81 bits per heavy atom. The SMILES string of the molecule is CN1c2cccc(F)c2C(N)=NC12CCN(C(=O)OCCCCCl)CC2. The molecule has 26 heavy (non-hydrogen) atoms. The molecule has 1 fully saturated rings. The summed E-state index contributed by atoms with van der Waals surface area (Å²) in [5.74, 6) is 0.411. The molecule has 0 atom stereocenters. The third-order valence-electron chi connectivity index (χ3n) is 5.14. The maximum Gasteiger partial charge on any atom is 0.409 e. The zero-order valence-electron chi connectivity index (χ0n) is 14.9. The van der Waals surface area contributed by atoms with Crippen molar-refractivity contribution in [2.75, 3.05) is 37.5 Å². The molecule has 1 aromatic carbocycles. The van der Waals surface area contributed by atoms with E-state index in [1.165, 1.54) is 6.07 Å². The number of amides is 1. The number of hydrogen-bond donors (Lipinski definition) is 1. The van der Waals surface area contributed by atoms with Crippen molar-refractivity contribution in [3.63, 3.8) is 0 Å². The second-order valence-corrected chi connectivity index (χ2v) is 7.05. The highest BCUT2D eigenvalue weighted by atomic mass is 35.5. The minimum absolute atomic E-state index is 0.216.